The van der Waals surface area contributed by atoms with Crippen molar-refractivity contribution in [2.75, 3.05) is 0 Å². The van der Waals surface area contributed by atoms with Crippen LogP contribution in [0, 0.1) is 0 Å². The summed E-state index contributed by atoms with van der Waals surface area (Å²) in [6.45, 7) is 0. The fraction of sp³-hybridized carbons (Fsp3) is 0.0508. The van der Waals surface area contributed by atoms with Gasteiger partial charge in [0.1, 0.15) is 0 Å². The van der Waals surface area contributed by atoms with E-state index in [2.05, 4.69) is 229 Å². The molecule has 1 fully saturated rings. The molecule has 1 aromatic heterocycles. The molecular formula is C59H37NS. The first-order chi connectivity index (χ1) is 30.2. The van der Waals surface area contributed by atoms with Crippen LogP contribution in [0.25, 0.3) is 98.4 Å². The maximum Gasteiger partial charge on any atom is 0.0605 e. The van der Waals surface area contributed by atoms with Gasteiger partial charge in [-0.1, -0.05) is 164 Å². The molecule has 0 amide bonds. The Hall–Kier alpha value is -7.13. The molecule has 14 rings (SSSR count). The maximum atomic E-state index is 2.52. The van der Waals surface area contributed by atoms with Crippen LogP contribution in [0.15, 0.2) is 217 Å². The summed E-state index contributed by atoms with van der Waals surface area (Å²) in [7, 11) is 0. The Morgan fingerprint density at radius 1 is 0.443 bits per heavy atom. The van der Waals surface area contributed by atoms with E-state index in [1.54, 1.807) is 0 Å². The van der Waals surface area contributed by atoms with Gasteiger partial charge in [0.2, 0.25) is 0 Å². The zero-order valence-corrected chi connectivity index (χ0v) is 34.1. The Bertz CT molecular complexity index is 3790. The average molecular weight is 792 g/mol. The number of aromatic nitrogens is 1. The van der Waals surface area contributed by atoms with E-state index in [4.69, 9.17) is 0 Å². The molecule has 1 spiro atoms. The van der Waals surface area contributed by atoms with Gasteiger partial charge in [0.15, 0.2) is 0 Å². The third-order valence-electron chi connectivity index (χ3n) is 14.2. The van der Waals surface area contributed by atoms with Crippen molar-refractivity contribution in [2.45, 2.75) is 21.5 Å². The predicted octanol–water partition coefficient (Wildman–Crippen LogP) is 15.9. The van der Waals surface area contributed by atoms with E-state index in [0.717, 1.165) is 6.42 Å². The first-order valence-electron chi connectivity index (χ1n) is 21.4. The number of thioether (sulfide) groups is 1. The Kier molecular flexibility index (Phi) is 6.75. The summed E-state index contributed by atoms with van der Waals surface area (Å²) in [5.74, 6) is 0. The standard InChI is InChI=1S/C59H37NS/c1-3-14-39-32-41(25-23-37(39)12-1)56-46-17-5-6-18-47(46)57(42-26-24-38-13-2-4-15-40(38)33-42)51-35-44(28-29-48(51)56)60-53-21-9-7-16-45(53)50-34-43(27-30-54(50)60)58-31-11-20-52-49-19-8-10-22-55(49)61-59(52,58)36-58/h1-35H,36H2. The third-order valence-corrected chi connectivity index (χ3v) is 15.8. The minimum Gasteiger partial charge on any atom is -0.309 e. The van der Waals surface area contributed by atoms with Crippen LogP contribution in [0.5, 0.6) is 0 Å². The lowest BCUT2D eigenvalue weighted by Crippen LogP contribution is -2.20. The first-order valence-corrected chi connectivity index (χ1v) is 22.2. The molecule has 2 heterocycles. The second kappa shape index (κ2) is 12.2. The molecule has 0 radical (unpaired) electrons. The Morgan fingerprint density at radius 3 is 1.80 bits per heavy atom. The molecule has 284 valence electrons. The van der Waals surface area contributed by atoms with E-state index in [9.17, 15) is 0 Å². The molecule has 61 heavy (non-hydrogen) atoms. The normalized spacial score (nSPS) is 18.9. The predicted molar refractivity (Wildman–Crippen MR) is 260 cm³/mol. The van der Waals surface area contributed by atoms with Crippen LogP contribution < -0.4 is 0 Å². The Morgan fingerprint density at radius 2 is 1.05 bits per heavy atom. The lowest BCUT2D eigenvalue weighted by Gasteiger charge is -2.24. The van der Waals surface area contributed by atoms with Gasteiger partial charge in [0, 0.05) is 26.8 Å². The molecule has 2 unspecified atom stereocenters. The van der Waals surface area contributed by atoms with Crippen molar-refractivity contribution in [2.24, 2.45) is 0 Å². The van der Waals surface area contributed by atoms with Gasteiger partial charge in [-0.25, -0.2) is 0 Å². The van der Waals surface area contributed by atoms with Crippen LogP contribution in [0.2, 0.25) is 0 Å². The molecule has 0 saturated heterocycles. The summed E-state index contributed by atoms with van der Waals surface area (Å²) in [5, 5.41) is 12.6. The lowest BCUT2D eigenvalue weighted by atomic mass is 9.84. The van der Waals surface area contributed by atoms with E-state index < -0.39 is 0 Å². The van der Waals surface area contributed by atoms with Gasteiger partial charge in [-0.2, -0.15) is 0 Å². The molecule has 3 aliphatic rings. The number of benzene rings is 10. The first kappa shape index (κ1) is 33.7. The number of hydrogen-bond donors (Lipinski definition) is 0. The highest BCUT2D eigenvalue weighted by Crippen LogP contribution is 2.77. The van der Waals surface area contributed by atoms with Crippen LogP contribution in [0.3, 0.4) is 0 Å². The van der Waals surface area contributed by atoms with Crippen molar-refractivity contribution in [1.82, 2.24) is 4.57 Å². The maximum absolute atomic E-state index is 2.52. The quantitative estimate of drug-likeness (QED) is 0.161. The monoisotopic (exact) mass is 791 g/mol. The number of rotatable bonds is 4. The van der Waals surface area contributed by atoms with Gasteiger partial charge in [-0.15, -0.1) is 11.8 Å². The average Bonchev–Trinajstić information content (AvgIpc) is 3.73. The Labute approximate surface area is 357 Å². The molecule has 2 atom stereocenters. The van der Waals surface area contributed by atoms with Crippen LogP contribution >= 0.6 is 11.8 Å². The summed E-state index contributed by atoms with van der Waals surface area (Å²) in [6, 6.07) is 72.9. The van der Waals surface area contributed by atoms with Crippen LogP contribution in [-0.2, 0) is 5.41 Å². The van der Waals surface area contributed by atoms with Gasteiger partial charge in [-0.05, 0) is 137 Å². The minimum absolute atomic E-state index is 0.0178. The van der Waals surface area contributed by atoms with E-state index in [1.165, 1.54) is 114 Å². The fourth-order valence-corrected chi connectivity index (χ4v) is 13.1. The Balaban J connectivity index is 1.02. The van der Waals surface area contributed by atoms with Gasteiger partial charge < -0.3 is 4.57 Å². The molecule has 1 saturated carbocycles. The molecular weight excluding hydrogens is 755 g/mol. The zero-order valence-electron chi connectivity index (χ0n) is 33.3. The summed E-state index contributed by atoms with van der Waals surface area (Å²) in [6.07, 6.45) is 8.30. The summed E-state index contributed by atoms with van der Waals surface area (Å²) >= 11 is 2.08. The van der Waals surface area contributed by atoms with Crippen molar-refractivity contribution in [3.63, 3.8) is 0 Å². The van der Waals surface area contributed by atoms with E-state index >= 15 is 0 Å². The molecule has 1 nitrogen and oxygen atoms in total. The van der Waals surface area contributed by atoms with E-state index in [-0.39, 0.29) is 10.2 Å². The highest BCUT2D eigenvalue weighted by Gasteiger charge is 2.72. The van der Waals surface area contributed by atoms with Gasteiger partial charge in [-0.3, -0.25) is 0 Å². The summed E-state index contributed by atoms with van der Waals surface area (Å²) in [4.78, 5) is 1.41. The molecule has 0 bridgehead atoms. The van der Waals surface area contributed by atoms with Crippen molar-refractivity contribution in [3.05, 3.63) is 223 Å². The molecule has 11 aromatic rings. The summed E-state index contributed by atoms with van der Waals surface area (Å²) < 4.78 is 2.58. The van der Waals surface area contributed by atoms with Crippen LogP contribution in [-0.4, -0.2) is 9.31 Å². The largest absolute Gasteiger partial charge is 0.309 e. The smallest absolute Gasteiger partial charge is 0.0605 e. The van der Waals surface area contributed by atoms with Crippen molar-refractivity contribution >= 4 is 82.2 Å². The van der Waals surface area contributed by atoms with Crippen molar-refractivity contribution in [1.29, 1.82) is 0 Å². The van der Waals surface area contributed by atoms with Gasteiger partial charge in [0.25, 0.3) is 0 Å². The second-order valence-corrected chi connectivity index (χ2v) is 18.6. The van der Waals surface area contributed by atoms with E-state index in [0.29, 0.717) is 0 Å². The number of hydrogen-bond acceptors (Lipinski definition) is 1. The summed E-state index contributed by atoms with van der Waals surface area (Å²) in [5.41, 5.74) is 12.9. The molecule has 10 aromatic carbocycles. The SMILES string of the molecule is C1=CC2(c3ccc4c(c3)c3ccccc3n4-c3ccc4c(-c5ccc6ccccc6c5)c5ccccc5c(-c5ccc6ccccc6c5)c4c3)CC23Sc2ccccc2C3=C1. The van der Waals surface area contributed by atoms with Crippen molar-refractivity contribution < 1.29 is 0 Å². The van der Waals surface area contributed by atoms with Crippen LogP contribution in [0.4, 0.5) is 0 Å². The van der Waals surface area contributed by atoms with Crippen molar-refractivity contribution in [3.8, 4) is 27.9 Å². The second-order valence-electron chi connectivity index (χ2n) is 17.2. The third kappa shape index (κ3) is 4.58. The molecule has 0 N–H and O–H groups in total. The zero-order chi connectivity index (χ0) is 39.9. The highest BCUT2D eigenvalue weighted by molar-refractivity contribution is 8.02. The number of para-hydroxylation sites is 1. The highest BCUT2D eigenvalue weighted by atomic mass is 32.2. The molecule has 2 aliphatic carbocycles. The molecule has 2 heteroatoms. The van der Waals surface area contributed by atoms with Gasteiger partial charge >= 0.3 is 0 Å². The fourth-order valence-electron chi connectivity index (χ4n) is 11.4. The van der Waals surface area contributed by atoms with Gasteiger partial charge in [0.05, 0.1) is 15.8 Å². The van der Waals surface area contributed by atoms with Crippen LogP contribution in [0.1, 0.15) is 17.5 Å². The topological polar surface area (TPSA) is 4.93 Å². The number of fused-ring (bicyclic) bond motifs is 9. The number of nitrogens with zero attached hydrogens (tertiary/aromatic N) is 1. The number of allylic oxidation sites excluding steroid dienone is 3. The minimum atomic E-state index is -0.0178. The lowest BCUT2D eigenvalue weighted by molar-refractivity contribution is 0.857. The van der Waals surface area contributed by atoms with E-state index in [1.807, 2.05) is 0 Å². The molecule has 1 aliphatic heterocycles.